The van der Waals surface area contributed by atoms with Gasteiger partial charge in [-0.25, -0.2) is 9.18 Å². The number of likely N-dealkylation sites (tertiary alicyclic amines) is 1. The Kier molecular flexibility index (Phi) is 5.51. The van der Waals surface area contributed by atoms with Gasteiger partial charge in [-0.15, -0.1) is 0 Å². The zero-order valence-corrected chi connectivity index (χ0v) is 12.6. The van der Waals surface area contributed by atoms with Crippen LogP contribution in [0.25, 0.3) is 0 Å². The Bertz CT molecular complexity index is 475. The number of aliphatic carboxylic acids is 1. The van der Waals surface area contributed by atoms with Gasteiger partial charge in [-0.2, -0.15) is 0 Å². The van der Waals surface area contributed by atoms with Gasteiger partial charge in [0, 0.05) is 19.6 Å². The van der Waals surface area contributed by atoms with Crippen molar-refractivity contribution in [1.82, 2.24) is 4.90 Å². The van der Waals surface area contributed by atoms with Crippen molar-refractivity contribution in [2.75, 3.05) is 19.7 Å². The van der Waals surface area contributed by atoms with Crippen LogP contribution in [0.15, 0.2) is 22.7 Å². The summed E-state index contributed by atoms with van der Waals surface area (Å²) in [6.07, 6.45) is 1.64. The molecule has 0 amide bonds. The molecule has 4 nitrogen and oxygen atoms in total. The number of piperidine rings is 1. The highest BCUT2D eigenvalue weighted by Gasteiger charge is 2.20. The lowest BCUT2D eigenvalue weighted by molar-refractivity contribution is -0.145. The number of ether oxygens (including phenoxy) is 1. The lowest BCUT2D eigenvalue weighted by Crippen LogP contribution is -2.37. The van der Waals surface area contributed by atoms with Gasteiger partial charge in [0.2, 0.25) is 0 Å². The van der Waals surface area contributed by atoms with E-state index in [-0.39, 0.29) is 18.5 Å². The molecule has 0 radical (unpaired) electrons. The van der Waals surface area contributed by atoms with Gasteiger partial charge in [-0.05, 0) is 46.5 Å². The molecule has 1 aliphatic rings. The Hall–Kier alpha value is -0.980. The van der Waals surface area contributed by atoms with Crippen molar-refractivity contribution in [3.63, 3.8) is 0 Å². The monoisotopic (exact) mass is 345 g/mol. The van der Waals surface area contributed by atoms with Crippen molar-refractivity contribution in [3.05, 3.63) is 34.1 Å². The number of halogens is 2. The number of nitrogens with zero attached hydrogens (tertiary/aromatic N) is 1. The van der Waals surface area contributed by atoms with E-state index < -0.39 is 5.97 Å². The van der Waals surface area contributed by atoms with E-state index in [0.29, 0.717) is 11.0 Å². The Balaban J connectivity index is 1.79. The summed E-state index contributed by atoms with van der Waals surface area (Å²) in [5.41, 5.74) is 0.940. The topological polar surface area (TPSA) is 49.8 Å². The van der Waals surface area contributed by atoms with Crippen molar-refractivity contribution < 1.29 is 19.0 Å². The maximum absolute atomic E-state index is 13.4. The van der Waals surface area contributed by atoms with E-state index >= 15 is 0 Å². The van der Waals surface area contributed by atoms with E-state index in [1.165, 1.54) is 6.07 Å². The smallest absolute Gasteiger partial charge is 0.329 e. The third-order valence-corrected chi connectivity index (χ3v) is 4.01. The maximum atomic E-state index is 13.4. The Morgan fingerprint density at radius 3 is 2.75 bits per heavy atom. The van der Waals surface area contributed by atoms with Gasteiger partial charge in [0.1, 0.15) is 12.4 Å². The van der Waals surface area contributed by atoms with Crippen LogP contribution in [0.1, 0.15) is 18.4 Å². The molecule has 0 aliphatic carbocycles. The fraction of sp³-hybridized carbons (Fsp3) is 0.500. The lowest BCUT2D eigenvalue weighted by atomic mass is 10.1. The van der Waals surface area contributed by atoms with Gasteiger partial charge in [0.05, 0.1) is 10.6 Å². The lowest BCUT2D eigenvalue weighted by Gasteiger charge is -2.31. The van der Waals surface area contributed by atoms with Gasteiger partial charge in [-0.3, -0.25) is 4.90 Å². The van der Waals surface area contributed by atoms with Crippen LogP contribution in [-0.2, 0) is 16.1 Å². The maximum Gasteiger partial charge on any atom is 0.329 e. The molecule has 1 heterocycles. The highest BCUT2D eigenvalue weighted by atomic mass is 79.9. The summed E-state index contributed by atoms with van der Waals surface area (Å²) in [6.45, 7) is 2.14. The molecule has 1 aromatic rings. The molecule has 6 heteroatoms. The van der Waals surface area contributed by atoms with E-state index in [4.69, 9.17) is 9.84 Å². The van der Waals surface area contributed by atoms with Gasteiger partial charge in [-0.1, -0.05) is 6.07 Å². The van der Waals surface area contributed by atoms with Crippen LogP contribution in [-0.4, -0.2) is 41.8 Å². The van der Waals surface area contributed by atoms with Crippen molar-refractivity contribution in [3.8, 4) is 0 Å². The predicted molar refractivity (Wildman–Crippen MR) is 76.0 cm³/mol. The first-order valence-corrected chi connectivity index (χ1v) is 7.33. The molecule has 20 heavy (non-hydrogen) atoms. The van der Waals surface area contributed by atoms with Crippen LogP contribution in [0.5, 0.6) is 0 Å². The number of carbonyl (C=O) groups is 1. The van der Waals surface area contributed by atoms with Crippen LogP contribution >= 0.6 is 15.9 Å². The van der Waals surface area contributed by atoms with Crippen LogP contribution in [0.2, 0.25) is 0 Å². The summed E-state index contributed by atoms with van der Waals surface area (Å²) in [4.78, 5) is 12.7. The minimum atomic E-state index is -0.933. The second-order valence-corrected chi connectivity index (χ2v) is 5.78. The third kappa shape index (κ3) is 4.54. The summed E-state index contributed by atoms with van der Waals surface area (Å²) >= 11 is 3.14. The van der Waals surface area contributed by atoms with E-state index in [0.717, 1.165) is 31.5 Å². The normalized spacial score (nSPS) is 17.3. The summed E-state index contributed by atoms with van der Waals surface area (Å²) in [6, 6.07) is 5.16. The first-order valence-electron chi connectivity index (χ1n) is 6.54. The number of carboxylic acid groups (broad SMARTS) is 1. The average molecular weight is 346 g/mol. The van der Waals surface area contributed by atoms with Crippen molar-refractivity contribution in [2.24, 2.45) is 0 Å². The van der Waals surface area contributed by atoms with E-state index in [1.54, 1.807) is 6.07 Å². The quantitative estimate of drug-likeness (QED) is 0.891. The molecule has 0 atom stereocenters. The summed E-state index contributed by atoms with van der Waals surface area (Å²) in [5.74, 6) is -1.18. The highest BCUT2D eigenvalue weighted by Crippen LogP contribution is 2.20. The van der Waals surface area contributed by atoms with Crippen molar-refractivity contribution in [2.45, 2.75) is 25.5 Å². The molecule has 0 bridgehead atoms. The molecule has 0 spiro atoms. The number of hydrogen-bond donors (Lipinski definition) is 1. The molecule has 110 valence electrons. The number of hydrogen-bond acceptors (Lipinski definition) is 3. The molecular weight excluding hydrogens is 329 g/mol. The summed E-state index contributed by atoms with van der Waals surface area (Å²) in [7, 11) is 0. The molecule has 2 rings (SSSR count). The Morgan fingerprint density at radius 1 is 1.45 bits per heavy atom. The Labute approximate surface area is 125 Å². The minimum absolute atomic E-state index is 0.0176. The molecule has 1 aromatic carbocycles. The third-order valence-electron chi connectivity index (χ3n) is 3.37. The summed E-state index contributed by atoms with van der Waals surface area (Å²) < 4.78 is 19.2. The predicted octanol–water partition coefficient (Wildman–Crippen LogP) is 2.65. The fourth-order valence-corrected chi connectivity index (χ4v) is 2.57. The standard InChI is InChI=1S/C14H17BrFNO3/c15-12-2-1-10(7-13(12)16)8-17-5-3-11(4-6-17)20-9-14(18)19/h1-2,7,11H,3-6,8-9H2,(H,18,19). The molecule has 1 N–H and O–H groups in total. The molecule has 0 aromatic heterocycles. The first-order chi connectivity index (χ1) is 9.54. The largest absolute Gasteiger partial charge is 0.480 e. The van der Waals surface area contributed by atoms with Gasteiger partial charge in [0.25, 0.3) is 0 Å². The van der Waals surface area contributed by atoms with Gasteiger partial charge >= 0.3 is 5.97 Å². The van der Waals surface area contributed by atoms with E-state index in [2.05, 4.69) is 20.8 Å². The molecular formula is C14H17BrFNO3. The van der Waals surface area contributed by atoms with E-state index in [1.807, 2.05) is 6.07 Å². The summed E-state index contributed by atoms with van der Waals surface area (Å²) in [5, 5.41) is 8.56. The molecule has 1 saturated heterocycles. The van der Waals surface area contributed by atoms with Crippen molar-refractivity contribution in [1.29, 1.82) is 0 Å². The van der Waals surface area contributed by atoms with Crippen LogP contribution in [0.4, 0.5) is 4.39 Å². The van der Waals surface area contributed by atoms with Crippen LogP contribution in [0, 0.1) is 5.82 Å². The SMILES string of the molecule is O=C(O)COC1CCN(Cc2ccc(Br)c(F)c2)CC1. The second kappa shape index (κ2) is 7.15. The van der Waals surface area contributed by atoms with Crippen LogP contribution < -0.4 is 0 Å². The first kappa shape index (κ1) is 15.4. The van der Waals surface area contributed by atoms with Crippen molar-refractivity contribution >= 4 is 21.9 Å². The Morgan fingerprint density at radius 2 is 2.15 bits per heavy atom. The van der Waals surface area contributed by atoms with Crippen LogP contribution in [0.3, 0.4) is 0 Å². The number of carboxylic acids is 1. The number of benzene rings is 1. The molecule has 1 aliphatic heterocycles. The fourth-order valence-electron chi connectivity index (χ4n) is 2.32. The zero-order chi connectivity index (χ0) is 14.5. The highest BCUT2D eigenvalue weighted by molar-refractivity contribution is 9.10. The van der Waals surface area contributed by atoms with E-state index in [9.17, 15) is 9.18 Å². The molecule has 0 saturated carbocycles. The van der Waals surface area contributed by atoms with Gasteiger partial charge in [0.15, 0.2) is 0 Å². The minimum Gasteiger partial charge on any atom is -0.480 e. The zero-order valence-electron chi connectivity index (χ0n) is 11.0. The molecule has 0 unspecified atom stereocenters. The number of rotatable bonds is 5. The molecule has 1 fully saturated rings. The second-order valence-electron chi connectivity index (χ2n) is 4.93. The average Bonchev–Trinajstić information content (AvgIpc) is 2.42. The van der Waals surface area contributed by atoms with Gasteiger partial charge < -0.3 is 9.84 Å².